The molecule has 4 rings (SSSR count). The number of alkyl halides is 3. The molecular formula is C23H16F3N7O. The van der Waals surface area contributed by atoms with E-state index < -0.39 is 23.7 Å². The topological polar surface area (TPSA) is 111 Å². The van der Waals surface area contributed by atoms with Gasteiger partial charge in [0.15, 0.2) is 0 Å². The maximum absolute atomic E-state index is 13.4. The number of hydrogen-bond donors (Lipinski definition) is 1. The highest BCUT2D eigenvalue weighted by molar-refractivity contribution is 5.87. The zero-order valence-electron chi connectivity index (χ0n) is 17.9. The number of anilines is 3. The largest absolute Gasteiger partial charge is 0.416 e. The van der Waals surface area contributed by atoms with Crippen molar-refractivity contribution in [2.45, 2.75) is 26.1 Å². The van der Waals surface area contributed by atoms with Crippen LogP contribution in [0.2, 0.25) is 0 Å². The molecule has 0 saturated carbocycles. The molecule has 0 radical (unpaired) electrons. The SMILES string of the molecule is CC(=O)Nc1nc2n(n1)C(c1ccc(C#N)cc1)C(C#N)=C(C)N2c1cccc(C(F)(F)F)c1. The van der Waals surface area contributed by atoms with E-state index in [2.05, 4.69) is 21.5 Å². The molecule has 1 amide bonds. The Morgan fingerprint density at radius 2 is 1.82 bits per heavy atom. The molecule has 11 heteroatoms. The smallest absolute Gasteiger partial charge is 0.293 e. The lowest BCUT2D eigenvalue weighted by atomic mass is 9.95. The summed E-state index contributed by atoms with van der Waals surface area (Å²) < 4.78 is 41.5. The number of hydrogen-bond acceptors (Lipinski definition) is 6. The first-order valence-electron chi connectivity index (χ1n) is 9.96. The fourth-order valence-electron chi connectivity index (χ4n) is 3.76. The number of allylic oxidation sites excluding steroid dienone is 2. The molecule has 2 aromatic carbocycles. The van der Waals surface area contributed by atoms with Crippen LogP contribution in [-0.2, 0) is 11.0 Å². The van der Waals surface area contributed by atoms with Crippen molar-refractivity contribution < 1.29 is 18.0 Å². The summed E-state index contributed by atoms with van der Waals surface area (Å²) in [6.45, 7) is 2.87. The third kappa shape index (κ3) is 3.95. The zero-order valence-corrected chi connectivity index (χ0v) is 17.9. The standard InChI is InChI=1S/C23H16F3N7O/c1-13-19(12-28)20(16-8-6-15(11-27)7-9-16)33-22(30-21(31-33)29-14(2)34)32(13)18-5-3-4-17(10-18)23(24,25)26/h3-10,20H,1-2H3,(H,29,31,34). The van der Waals surface area contributed by atoms with Crippen molar-refractivity contribution in [1.82, 2.24) is 14.8 Å². The van der Waals surface area contributed by atoms with Crippen LogP contribution in [0.4, 0.5) is 30.8 Å². The van der Waals surface area contributed by atoms with Crippen LogP contribution in [0, 0.1) is 22.7 Å². The van der Waals surface area contributed by atoms with Crippen molar-refractivity contribution in [1.29, 1.82) is 10.5 Å². The highest BCUT2D eigenvalue weighted by Gasteiger charge is 2.37. The van der Waals surface area contributed by atoms with Crippen LogP contribution in [-0.4, -0.2) is 20.7 Å². The van der Waals surface area contributed by atoms with Gasteiger partial charge in [-0.05, 0) is 42.8 Å². The lowest BCUT2D eigenvalue weighted by Crippen LogP contribution is -2.31. The average molecular weight is 463 g/mol. The molecule has 0 saturated heterocycles. The van der Waals surface area contributed by atoms with Crippen molar-refractivity contribution in [3.8, 4) is 12.1 Å². The number of amides is 1. The van der Waals surface area contributed by atoms with Crippen LogP contribution < -0.4 is 10.2 Å². The molecule has 1 aromatic heterocycles. The van der Waals surface area contributed by atoms with Crippen LogP contribution in [0.15, 0.2) is 59.8 Å². The van der Waals surface area contributed by atoms with E-state index >= 15 is 0 Å². The molecule has 0 fully saturated rings. The summed E-state index contributed by atoms with van der Waals surface area (Å²) >= 11 is 0. The molecule has 8 nitrogen and oxygen atoms in total. The maximum atomic E-state index is 13.4. The number of aromatic nitrogens is 3. The Labute approximate surface area is 192 Å². The third-order valence-electron chi connectivity index (χ3n) is 5.25. The molecule has 1 aliphatic heterocycles. The van der Waals surface area contributed by atoms with E-state index in [4.69, 9.17) is 5.26 Å². The van der Waals surface area contributed by atoms with Gasteiger partial charge >= 0.3 is 6.18 Å². The van der Waals surface area contributed by atoms with Crippen molar-refractivity contribution in [2.75, 3.05) is 10.2 Å². The molecule has 1 atom stereocenters. The average Bonchev–Trinajstić information content (AvgIpc) is 3.19. The van der Waals surface area contributed by atoms with Crippen molar-refractivity contribution in [3.63, 3.8) is 0 Å². The lowest BCUT2D eigenvalue weighted by Gasteiger charge is -2.34. The summed E-state index contributed by atoms with van der Waals surface area (Å²) in [4.78, 5) is 17.3. The summed E-state index contributed by atoms with van der Waals surface area (Å²) in [7, 11) is 0. The van der Waals surface area contributed by atoms with Crippen LogP contribution in [0.1, 0.15) is 36.6 Å². The Bertz CT molecular complexity index is 1390. The molecule has 0 spiro atoms. The first-order valence-corrected chi connectivity index (χ1v) is 9.96. The van der Waals surface area contributed by atoms with E-state index in [0.29, 0.717) is 16.8 Å². The maximum Gasteiger partial charge on any atom is 0.416 e. The summed E-state index contributed by atoms with van der Waals surface area (Å²) in [5.41, 5.74) is 0.862. The fourth-order valence-corrected chi connectivity index (χ4v) is 3.76. The van der Waals surface area contributed by atoms with Gasteiger partial charge in [0.1, 0.15) is 6.04 Å². The predicted molar refractivity (Wildman–Crippen MR) is 116 cm³/mol. The summed E-state index contributed by atoms with van der Waals surface area (Å²) in [6.07, 6.45) is -4.57. The molecule has 1 aliphatic rings. The number of nitrogens with zero attached hydrogens (tertiary/aromatic N) is 6. The minimum absolute atomic E-state index is 0.0647. The molecule has 1 unspecified atom stereocenters. The van der Waals surface area contributed by atoms with Gasteiger partial charge in [-0.1, -0.05) is 18.2 Å². The van der Waals surface area contributed by atoms with Gasteiger partial charge in [-0.3, -0.25) is 15.0 Å². The number of nitrogens with one attached hydrogen (secondary N) is 1. The van der Waals surface area contributed by atoms with Crippen molar-refractivity contribution in [2.24, 2.45) is 0 Å². The van der Waals surface area contributed by atoms with E-state index in [9.17, 15) is 23.2 Å². The molecule has 3 aromatic rings. The predicted octanol–water partition coefficient (Wildman–Crippen LogP) is 4.67. The van der Waals surface area contributed by atoms with Gasteiger partial charge < -0.3 is 0 Å². The van der Waals surface area contributed by atoms with Crippen molar-refractivity contribution in [3.05, 3.63) is 76.5 Å². The summed E-state index contributed by atoms with van der Waals surface area (Å²) in [5.74, 6) is -0.382. The Morgan fingerprint density at radius 3 is 2.41 bits per heavy atom. The van der Waals surface area contributed by atoms with Gasteiger partial charge in [0.25, 0.3) is 5.95 Å². The number of halogens is 3. The molecular weight excluding hydrogens is 447 g/mol. The molecule has 0 bridgehead atoms. The number of rotatable bonds is 3. The Hall–Kier alpha value is -4.64. The number of nitriles is 2. The number of benzene rings is 2. The summed E-state index contributed by atoms with van der Waals surface area (Å²) in [6, 6.07) is 14.5. The van der Waals surface area contributed by atoms with Gasteiger partial charge in [-0.2, -0.15) is 28.7 Å². The first-order chi connectivity index (χ1) is 16.1. The van der Waals surface area contributed by atoms with E-state index in [-0.39, 0.29) is 23.2 Å². The second kappa shape index (κ2) is 8.37. The van der Waals surface area contributed by atoms with E-state index in [1.807, 2.05) is 6.07 Å². The minimum Gasteiger partial charge on any atom is -0.293 e. The Kier molecular flexibility index (Phi) is 5.55. The van der Waals surface area contributed by atoms with Gasteiger partial charge in [0.05, 0.1) is 28.8 Å². The van der Waals surface area contributed by atoms with Crippen LogP contribution in [0.3, 0.4) is 0 Å². The lowest BCUT2D eigenvalue weighted by molar-refractivity contribution is -0.137. The van der Waals surface area contributed by atoms with E-state index in [1.54, 1.807) is 31.2 Å². The first kappa shape index (κ1) is 22.6. The van der Waals surface area contributed by atoms with E-state index in [0.717, 1.165) is 12.1 Å². The Balaban J connectivity index is 1.95. The van der Waals surface area contributed by atoms with E-state index in [1.165, 1.54) is 28.6 Å². The quantitative estimate of drug-likeness (QED) is 0.605. The number of carbonyl (C=O) groups is 1. The van der Waals surface area contributed by atoms with Gasteiger partial charge in [-0.25, -0.2) is 4.68 Å². The second-order valence-corrected chi connectivity index (χ2v) is 7.49. The number of carbonyl (C=O) groups excluding carboxylic acids is 1. The van der Waals surface area contributed by atoms with Gasteiger partial charge in [0.2, 0.25) is 11.9 Å². The fraction of sp³-hybridized carbons (Fsp3) is 0.174. The molecule has 2 heterocycles. The highest BCUT2D eigenvalue weighted by atomic mass is 19.4. The highest BCUT2D eigenvalue weighted by Crippen LogP contribution is 2.43. The zero-order chi connectivity index (χ0) is 24.6. The van der Waals surface area contributed by atoms with Crippen LogP contribution >= 0.6 is 0 Å². The van der Waals surface area contributed by atoms with Gasteiger partial charge in [-0.15, -0.1) is 5.10 Å². The van der Waals surface area contributed by atoms with Gasteiger partial charge in [0, 0.05) is 18.3 Å². The normalized spacial score (nSPS) is 15.4. The molecule has 34 heavy (non-hydrogen) atoms. The second-order valence-electron chi connectivity index (χ2n) is 7.49. The third-order valence-corrected chi connectivity index (χ3v) is 5.25. The minimum atomic E-state index is -4.57. The monoisotopic (exact) mass is 463 g/mol. The van der Waals surface area contributed by atoms with Crippen LogP contribution in [0.25, 0.3) is 0 Å². The summed E-state index contributed by atoms with van der Waals surface area (Å²) in [5, 5.41) is 25.9. The Morgan fingerprint density at radius 1 is 1.12 bits per heavy atom. The molecule has 1 N–H and O–H groups in total. The van der Waals surface area contributed by atoms with Crippen molar-refractivity contribution >= 4 is 23.5 Å². The van der Waals surface area contributed by atoms with Crippen LogP contribution in [0.5, 0.6) is 0 Å². The molecule has 170 valence electrons. The molecule has 0 aliphatic carbocycles. The number of fused-ring (bicyclic) bond motifs is 1.